The molecule has 1 heterocycles. The van der Waals surface area contributed by atoms with Gasteiger partial charge in [-0.05, 0) is 18.4 Å². The first kappa shape index (κ1) is 18.4. The minimum Gasteiger partial charge on any atom is -0.468 e. The number of esters is 2. The van der Waals surface area contributed by atoms with Crippen LogP contribution in [-0.2, 0) is 19.1 Å². The van der Waals surface area contributed by atoms with Crippen molar-refractivity contribution in [2.45, 2.75) is 19.8 Å². The molecule has 0 aliphatic rings. The van der Waals surface area contributed by atoms with Crippen molar-refractivity contribution >= 4 is 23.3 Å². The summed E-state index contributed by atoms with van der Waals surface area (Å²) in [6, 6.07) is 1.79. The highest BCUT2D eigenvalue weighted by molar-refractivity contribution is 7.10. The van der Waals surface area contributed by atoms with Crippen LogP contribution in [0, 0.1) is 41.4 Å². The van der Waals surface area contributed by atoms with Gasteiger partial charge in [-0.15, -0.1) is 29.6 Å². The van der Waals surface area contributed by atoms with Crippen molar-refractivity contribution in [3.63, 3.8) is 0 Å². The molecule has 4 nitrogen and oxygen atoms in total. The maximum atomic E-state index is 12.2. The first-order valence-electron chi connectivity index (χ1n) is 6.65. The van der Waals surface area contributed by atoms with Crippen LogP contribution in [0.4, 0.5) is 0 Å². The van der Waals surface area contributed by atoms with E-state index in [0.29, 0.717) is 10.4 Å². The molecule has 5 heteroatoms. The molecule has 0 N–H and O–H groups in total. The molecule has 0 unspecified atom stereocenters. The molecule has 1 aromatic rings. The number of ether oxygens (including phenoxy) is 2. The third-order valence-electron chi connectivity index (χ3n) is 3.13. The number of rotatable bonds is 4. The van der Waals surface area contributed by atoms with Crippen molar-refractivity contribution in [2.24, 2.45) is 5.41 Å². The van der Waals surface area contributed by atoms with E-state index in [1.807, 2.05) is 5.38 Å². The van der Waals surface area contributed by atoms with E-state index in [0.717, 1.165) is 0 Å². The molecule has 0 amide bonds. The number of thiophene rings is 1. The lowest BCUT2D eigenvalue weighted by atomic mass is 9.81. The van der Waals surface area contributed by atoms with Crippen LogP contribution in [0.15, 0.2) is 11.4 Å². The van der Waals surface area contributed by atoms with Crippen LogP contribution in [0.25, 0.3) is 0 Å². The third-order valence-corrected chi connectivity index (χ3v) is 3.97. The first-order valence-corrected chi connectivity index (χ1v) is 7.53. The Hall–Kier alpha value is -2.68. The summed E-state index contributed by atoms with van der Waals surface area (Å²) in [6.07, 6.45) is 5.29. The van der Waals surface area contributed by atoms with Gasteiger partial charge in [0.2, 0.25) is 0 Å². The zero-order valence-corrected chi connectivity index (χ0v) is 14.0. The van der Waals surface area contributed by atoms with Crippen LogP contribution in [0.3, 0.4) is 0 Å². The first-order chi connectivity index (χ1) is 11.1. The standard InChI is InChI=1S/C18H16O4S/c1-5-7-11-18(16(19)21-3,17(20)22-4)12-8-9-14-10-13-23-15(14)6-2/h2,10,13H,11-12H2,1,3-4H3. The zero-order chi connectivity index (χ0) is 17.3. The van der Waals surface area contributed by atoms with Crippen molar-refractivity contribution in [3.05, 3.63) is 21.9 Å². The molecule has 0 saturated carbocycles. The Morgan fingerprint density at radius 1 is 1.22 bits per heavy atom. The monoisotopic (exact) mass is 328 g/mol. The van der Waals surface area contributed by atoms with Gasteiger partial charge in [0.25, 0.3) is 0 Å². The van der Waals surface area contributed by atoms with E-state index in [4.69, 9.17) is 15.9 Å². The van der Waals surface area contributed by atoms with Gasteiger partial charge < -0.3 is 9.47 Å². The largest absolute Gasteiger partial charge is 0.468 e. The zero-order valence-electron chi connectivity index (χ0n) is 13.2. The van der Waals surface area contributed by atoms with Crippen molar-refractivity contribution in [1.82, 2.24) is 0 Å². The predicted octanol–water partition coefficient (Wildman–Crippen LogP) is 2.22. The Morgan fingerprint density at radius 2 is 1.83 bits per heavy atom. The van der Waals surface area contributed by atoms with E-state index in [1.165, 1.54) is 25.6 Å². The van der Waals surface area contributed by atoms with E-state index in [2.05, 4.69) is 29.6 Å². The Morgan fingerprint density at radius 3 is 2.35 bits per heavy atom. The van der Waals surface area contributed by atoms with Crippen molar-refractivity contribution in [2.75, 3.05) is 14.2 Å². The van der Waals surface area contributed by atoms with E-state index >= 15 is 0 Å². The molecule has 1 rings (SSSR count). The van der Waals surface area contributed by atoms with Gasteiger partial charge >= 0.3 is 11.9 Å². The minimum atomic E-state index is -1.56. The normalized spacial score (nSPS) is 9.48. The van der Waals surface area contributed by atoms with E-state index in [-0.39, 0.29) is 12.8 Å². The molecule has 0 aliphatic heterocycles. The average Bonchev–Trinajstić information content (AvgIpc) is 3.04. The molecular weight excluding hydrogens is 312 g/mol. The summed E-state index contributed by atoms with van der Waals surface area (Å²) in [5.41, 5.74) is -0.881. The summed E-state index contributed by atoms with van der Waals surface area (Å²) in [7, 11) is 2.42. The van der Waals surface area contributed by atoms with Crippen LogP contribution in [0.5, 0.6) is 0 Å². The molecule has 23 heavy (non-hydrogen) atoms. The van der Waals surface area contributed by atoms with Crippen LogP contribution in [-0.4, -0.2) is 26.2 Å². The number of carbonyl (C=O) groups excluding carboxylic acids is 2. The van der Waals surface area contributed by atoms with Crippen LogP contribution < -0.4 is 0 Å². The molecular formula is C18H16O4S. The van der Waals surface area contributed by atoms with Crippen LogP contribution >= 0.6 is 11.3 Å². The number of hydrogen-bond acceptors (Lipinski definition) is 5. The second-order valence-electron chi connectivity index (χ2n) is 4.46. The quantitative estimate of drug-likeness (QED) is 0.483. The smallest absolute Gasteiger partial charge is 0.325 e. The van der Waals surface area contributed by atoms with Gasteiger partial charge in [0, 0.05) is 12.8 Å². The maximum Gasteiger partial charge on any atom is 0.325 e. The number of terminal acetylenes is 1. The molecule has 118 valence electrons. The Balaban J connectivity index is 3.19. The van der Waals surface area contributed by atoms with Gasteiger partial charge in [-0.2, -0.15) is 0 Å². The summed E-state index contributed by atoms with van der Waals surface area (Å²) in [5.74, 6) is 12.2. The molecule has 0 aliphatic carbocycles. The van der Waals surface area contributed by atoms with E-state index in [9.17, 15) is 9.59 Å². The second-order valence-corrected chi connectivity index (χ2v) is 5.37. The lowest BCUT2D eigenvalue weighted by molar-refractivity contribution is -0.168. The minimum absolute atomic E-state index is 0.0246. The molecule has 1 aromatic heterocycles. The second kappa shape index (κ2) is 8.69. The van der Waals surface area contributed by atoms with Gasteiger partial charge in [-0.1, -0.05) is 17.8 Å². The Kier molecular flexibility index (Phi) is 6.94. The summed E-state index contributed by atoms with van der Waals surface area (Å²) in [6.45, 7) is 1.62. The highest BCUT2D eigenvalue weighted by Gasteiger charge is 2.47. The van der Waals surface area contributed by atoms with Crippen molar-refractivity contribution in [1.29, 1.82) is 0 Å². The van der Waals surface area contributed by atoms with E-state index in [1.54, 1.807) is 13.0 Å². The number of methoxy groups -OCH3 is 2. The molecule has 0 radical (unpaired) electrons. The number of carbonyl (C=O) groups is 2. The van der Waals surface area contributed by atoms with Crippen molar-refractivity contribution in [3.8, 4) is 36.0 Å². The predicted molar refractivity (Wildman–Crippen MR) is 88.3 cm³/mol. The molecule has 0 atom stereocenters. The summed E-state index contributed by atoms with van der Waals surface area (Å²) < 4.78 is 9.53. The summed E-state index contributed by atoms with van der Waals surface area (Å²) in [4.78, 5) is 25.0. The number of hydrogen-bond donors (Lipinski definition) is 0. The Labute approximate surface area is 140 Å². The van der Waals surface area contributed by atoms with Crippen LogP contribution in [0.2, 0.25) is 0 Å². The lowest BCUT2D eigenvalue weighted by Gasteiger charge is -2.23. The highest BCUT2D eigenvalue weighted by Crippen LogP contribution is 2.30. The SMILES string of the molecule is C#Cc1sccc1C#CCC(CC#CC)(C(=O)OC)C(=O)OC. The van der Waals surface area contributed by atoms with Gasteiger partial charge in [-0.25, -0.2) is 0 Å². The third kappa shape index (κ3) is 4.16. The summed E-state index contributed by atoms with van der Waals surface area (Å²) >= 11 is 1.40. The topological polar surface area (TPSA) is 52.6 Å². The maximum absolute atomic E-state index is 12.2. The molecule has 0 spiro atoms. The summed E-state index contributed by atoms with van der Waals surface area (Å²) in [5, 5.41) is 1.83. The lowest BCUT2D eigenvalue weighted by Crippen LogP contribution is -2.40. The molecule has 0 bridgehead atoms. The van der Waals surface area contributed by atoms with E-state index < -0.39 is 17.4 Å². The highest BCUT2D eigenvalue weighted by atomic mass is 32.1. The van der Waals surface area contributed by atoms with Gasteiger partial charge in [-0.3, -0.25) is 9.59 Å². The molecule has 0 fully saturated rings. The van der Waals surface area contributed by atoms with Gasteiger partial charge in [0.05, 0.1) is 24.7 Å². The molecule has 0 aromatic carbocycles. The fourth-order valence-corrected chi connectivity index (χ4v) is 2.53. The van der Waals surface area contributed by atoms with Gasteiger partial charge in [0.15, 0.2) is 5.41 Å². The van der Waals surface area contributed by atoms with Crippen molar-refractivity contribution < 1.29 is 19.1 Å². The van der Waals surface area contributed by atoms with Gasteiger partial charge in [0.1, 0.15) is 0 Å². The fraction of sp³-hybridized carbons (Fsp3) is 0.333. The van der Waals surface area contributed by atoms with Crippen LogP contribution in [0.1, 0.15) is 30.2 Å². The average molecular weight is 328 g/mol. The Bertz CT molecular complexity index is 728. The molecule has 0 saturated heterocycles. The fourth-order valence-electron chi connectivity index (χ4n) is 1.87.